The second kappa shape index (κ2) is 7.63. The molecule has 0 saturated heterocycles. The maximum atomic E-state index is 12.3. The summed E-state index contributed by atoms with van der Waals surface area (Å²) in [7, 11) is 0. The molecule has 2 amide bonds. The van der Waals surface area contributed by atoms with Crippen molar-refractivity contribution in [3.8, 4) is 0 Å². The van der Waals surface area contributed by atoms with E-state index < -0.39 is 5.91 Å². The first kappa shape index (κ1) is 17.5. The van der Waals surface area contributed by atoms with E-state index in [4.69, 9.17) is 5.73 Å². The summed E-state index contributed by atoms with van der Waals surface area (Å²) >= 11 is 0. The van der Waals surface area contributed by atoms with E-state index in [0.717, 1.165) is 12.2 Å². The van der Waals surface area contributed by atoms with Crippen LogP contribution in [0.3, 0.4) is 0 Å². The lowest BCUT2D eigenvalue weighted by molar-refractivity contribution is -0.118. The summed E-state index contributed by atoms with van der Waals surface area (Å²) in [5.41, 5.74) is 7.26. The van der Waals surface area contributed by atoms with Gasteiger partial charge in [0.05, 0.1) is 11.9 Å². The molecule has 2 aromatic rings. The molecule has 0 radical (unpaired) electrons. The van der Waals surface area contributed by atoms with Gasteiger partial charge in [-0.05, 0) is 45.0 Å². The summed E-state index contributed by atoms with van der Waals surface area (Å²) in [4.78, 5) is 25.4. The van der Waals surface area contributed by atoms with Crippen LogP contribution < -0.4 is 16.0 Å². The largest absolute Gasteiger partial charge is 0.369 e. The number of amides is 2. The Bertz CT molecular complexity index is 706. The highest BCUT2D eigenvalue weighted by Gasteiger charge is 2.11. The predicted molar refractivity (Wildman–Crippen MR) is 94.0 cm³/mol. The van der Waals surface area contributed by atoms with E-state index in [1.54, 1.807) is 18.3 Å². The molecule has 0 atom stereocenters. The molecule has 7 nitrogen and oxygen atoms in total. The van der Waals surface area contributed by atoms with Crippen molar-refractivity contribution in [2.75, 3.05) is 16.8 Å². The molecule has 0 aliphatic rings. The van der Waals surface area contributed by atoms with Crippen molar-refractivity contribution in [3.05, 3.63) is 42.2 Å². The van der Waals surface area contributed by atoms with Crippen LogP contribution in [0.1, 0.15) is 31.1 Å². The van der Waals surface area contributed by atoms with Crippen LogP contribution in [0.15, 0.2) is 36.7 Å². The van der Waals surface area contributed by atoms with Gasteiger partial charge in [-0.2, -0.15) is 5.10 Å². The zero-order chi connectivity index (χ0) is 17.7. The van der Waals surface area contributed by atoms with Crippen LogP contribution >= 0.6 is 0 Å². The monoisotopic (exact) mass is 329 g/mol. The van der Waals surface area contributed by atoms with Gasteiger partial charge in [0.2, 0.25) is 5.91 Å². The number of nitrogens with two attached hydrogens (primary N) is 1. The number of primary amides is 1. The summed E-state index contributed by atoms with van der Waals surface area (Å²) in [6.45, 7) is 7.25. The summed E-state index contributed by atoms with van der Waals surface area (Å²) in [6, 6.07) is 7.86. The molecule has 0 fully saturated rings. The molecular formula is C17H23N5O2. The lowest BCUT2D eigenvalue weighted by Crippen LogP contribution is -2.30. The number of carbonyl (C=O) groups excluding carboxylic acids is 2. The van der Waals surface area contributed by atoms with Gasteiger partial charge in [-0.3, -0.25) is 14.3 Å². The Morgan fingerprint density at radius 3 is 2.50 bits per heavy atom. The smallest absolute Gasteiger partial charge is 0.255 e. The third-order valence-electron chi connectivity index (χ3n) is 3.63. The quantitative estimate of drug-likeness (QED) is 0.811. The van der Waals surface area contributed by atoms with E-state index in [0.29, 0.717) is 17.3 Å². The molecule has 2 rings (SSSR count). The van der Waals surface area contributed by atoms with Crippen LogP contribution in [0.5, 0.6) is 0 Å². The summed E-state index contributed by atoms with van der Waals surface area (Å²) < 4.78 is 1.38. The SMILES string of the molecule is CCN(c1ccc(C(=O)Nc2cnn(CC(N)=O)c2)cc1)C(C)C. The molecule has 0 spiro atoms. The predicted octanol–water partition coefficient (Wildman–Crippen LogP) is 1.86. The fourth-order valence-electron chi connectivity index (χ4n) is 2.53. The number of nitrogens with one attached hydrogen (secondary N) is 1. The average Bonchev–Trinajstić information content (AvgIpc) is 2.94. The van der Waals surface area contributed by atoms with Crippen molar-refractivity contribution >= 4 is 23.2 Å². The zero-order valence-corrected chi connectivity index (χ0v) is 14.2. The molecule has 24 heavy (non-hydrogen) atoms. The Labute approximate surface area is 141 Å². The number of hydrogen-bond acceptors (Lipinski definition) is 4. The van der Waals surface area contributed by atoms with Crippen molar-refractivity contribution in [1.82, 2.24) is 9.78 Å². The van der Waals surface area contributed by atoms with E-state index >= 15 is 0 Å². The number of nitrogens with zero attached hydrogens (tertiary/aromatic N) is 3. The molecule has 1 aromatic heterocycles. The molecule has 0 aliphatic carbocycles. The number of rotatable bonds is 7. The van der Waals surface area contributed by atoms with Crippen molar-refractivity contribution in [1.29, 1.82) is 0 Å². The fourth-order valence-corrected chi connectivity index (χ4v) is 2.53. The second-order valence-corrected chi connectivity index (χ2v) is 5.77. The van der Waals surface area contributed by atoms with Crippen LogP contribution in [0.4, 0.5) is 11.4 Å². The molecule has 1 heterocycles. The highest BCUT2D eigenvalue weighted by Crippen LogP contribution is 2.18. The van der Waals surface area contributed by atoms with E-state index in [9.17, 15) is 9.59 Å². The first-order valence-electron chi connectivity index (χ1n) is 7.89. The molecule has 0 bridgehead atoms. The van der Waals surface area contributed by atoms with Crippen molar-refractivity contribution in [3.63, 3.8) is 0 Å². The number of anilines is 2. The highest BCUT2D eigenvalue weighted by atomic mass is 16.2. The zero-order valence-electron chi connectivity index (χ0n) is 14.2. The second-order valence-electron chi connectivity index (χ2n) is 5.77. The third kappa shape index (κ3) is 4.34. The van der Waals surface area contributed by atoms with Gasteiger partial charge in [-0.1, -0.05) is 0 Å². The Morgan fingerprint density at radius 2 is 1.96 bits per heavy atom. The van der Waals surface area contributed by atoms with Crippen molar-refractivity contribution in [2.24, 2.45) is 5.73 Å². The van der Waals surface area contributed by atoms with Crippen LogP contribution in [0.25, 0.3) is 0 Å². The Kier molecular flexibility index (Phi) is 5.57. The molecule has 0 saturated carbocycles. The molecule has 0 unspecified atom stereocenters. The average molecular weight is 329 g/mol. The molecule has 3 N–H and O–H groups in total. The standard InChI is InChI=1S/C17H23N5O2/c1-4-22(12(2)3)15-7-5-13(6-8-15)17(24)20-14-9-19-21(10-14)11-16(18)23/h5-10,12H,4,11H2,1-3H3,(H2,18,23)(H,20,24). The first-order valence-corrected chi connectivity index (χ1v) is 7.89. The third-order valence-corrected chi connectivity index (χ3v) is 3.63. The van der Waals surface area contributed by atoms with E-state index in [1.807, 2.05) is 12.1 Å². The van der Waals surface area contributed by atoms with Gasteiger partial charge >= 0.3 is 0 Å². The van der Waals surface area contributed by atoms with Crippen LogP contribution in [-0.4, -0.2) is 34.2 Å². The number of carbonyl (C=O) groups is 2. The van der Waals surface area contributed by atoms with Gasteiger partial charge in [-0.25, -0.2) is 0 Å². The lowest BCUT2D eigenvalue weighted by Gasteiger charge is -2.27. The number of hydrogen-bond donors (Lipinski definition) is 2. The van der Waals surface area contributed by atoms with Gasteiger partial charge in [-0.15, -0.1) is 0 Å². The minimum absolute atomic E-state index is 0.0212. The Hall–Kier alpha value is -2.83. The summed E-state index contributed by atoms with van der Waals surface area (Å²) in [5.74, 6) is -0.718. The lowest BCUT2D eigenvalue weighted by atomic mass is 10.1. The highest BCUT2D eigenvalue weighted by molar-refractivity contribution is 6.04. The van der Waals surface area contributed by atoms with Gasteiger partial charge in [0.25, 0.3) is 5.91 Å². The van der Waals surface area contributed by atoms with Crippen LogP contribution in [0.2, 0.25) is 0 Å². The van der Waals surface area contributed by atoms with Gasteiger partial charge in [0.1, 0.15) is 6.54 Å². The Balaban J connectivity index is 2.04. The van der Waals surface area contributed by atoms with E-state index in [1.165, 1.54) is 10.9 Å². The van der Waals surface area contributed by atoms with Gasteiger partial charge < -0.3 is 16.0 Å². The molecular weight excluding hydrogens is 306 g/mol. The van der Waals surface area contributed by atoms with Crippen LogP contribution in [-0.2, 0) is 11.3 Å². The van der Waals surface area contributed by atoms with E-state index in [2.05, 4.69) is 36.1 Å². The molecule has 128 valence electrons. The molecule has 0 aliphatic heterocycles. The van der Waals surface area contributed by atoms with Gasteiger partial charge in [0.15, 0.2) is 0 Å². The minimum Gasteiger partial charge on any atom is -0.369 e. The maximum absolute atomic E-state index is 12.3. The van der Waals surface area contributed by atoms with Gasteiger partial charge in [0, 0.05) is 30.0 Å². The molecule has 1 aromatic carbocycles. The number of benzene rings is 1. The fraction of sp³-hybridized carbons (Fsp3) is 0.353. The minimum atomic E-state index is -0.489. The maximum Gasteiger partial charge on any atom is 0.255 e. The first-order chi connectivity index (χ1) is 11.4. The van der Waals surface area contributed by atoms with Crippen molar-refractivity contribution < 1.29 is 9.59 Å². The van der Waals surface area contributed by atoms with Crippen LogP contribution in [0, 0.1) is 0 Å². The topological polar surface area (TPSA) is 93.2 Å². The summed E-state index contributed by atoms with van der Waals surface area (Å²) in [6.07, 6.45) is 3.04. The normalized spacial score (nSPS) is 10.7. The summed E-state index contributed by atoms with van der Waals surface area (Å²) in [5, 5.41) is 6.71. The van der Waals surface area contributed by atoms with Crippen molar-refractivity contribution in [2.45, 2.75) is 33.4 Å². The number of aromatic nitrogens is 2. The molecule has 7 heteroatoms. The Morgan fingerprint density at radius 1 is 1.29 bits per heavy atom. The van der Waals surface area contributed by atoms with E-state index in [-0.39, 0.29) is 12.5 Å².